The van der Waals surface area contributed by atoms with E-state index in [9.17, 15) is 0 Å². The van der Waals surface area contributed by atoms with Crippen LogP contribution in [0, 0.1) is 27.7 Å². The molecule has 0 saturated carbocycles. The van der Waals surface area contributed by atoms with Crippen LogP contribution < -0.4 is 29.6 Å². The first-order chi connectivity index (χ1) is 35.1. The molecule has 2 N–H and O–H groups in total. The molecule has 9 heteroatoms. The molecule has 2 unspecified atom stereocenters. The smallest absolute Gasteiger partial charge is 0.193 e. The van der Waals surface area contributed by atoms with Crippen LogP contribution in [0.3, 0.4) is 0 Å². The van der Waals surface area contributed by atoms with Gasteiger partial charge < -0.3 is 29.6 Å². The lowest BCUT2D eigenvalue weighted by molar-refractivity contribution is 0.103. The van der Waals surface area contributed by atoms with Gasteiger partial charge in [0, 0.05) is 56.2 Å². The Morgan fingerprint density at radius 2 is 0.875 bits per heavy atom. The Morgan fingerprint density at radius 3 is 1.26 bits per heavy atom. The Bertz CT molecular complexity index is 3370. The Hall–Kier alpha value is -7.85. The average Bonchev–Trinajstić information content (AvgIpc) is 4.17. The number of methoxy groups -OCH3 is 4. The molecule has 2 heterocycles. The number of ether oxygens (including phenoxy) is 4. The van der Waals surface area contributed by atoms with Crippen LogP contribution in [0.1, 0.15) is 82.0 Å². The Labute approximate surface area is 429 Å². The zero-order valence-corrected chi connectivity index (χ0v) is 43.3. The Kier molecular flexibility index (Phi) is 13.6. The van der Waals surface area contributed by atoms with E-state index in [0.29, 0.717) is 34.1 Å². The number of hydrogen-bond acceptors (Lipinski definition) is 9. The molecule has 0 aliphatic rings. The molecule has 10 aromatic rings. The van der Waals surface area contributed by atoms with Crippen molar-refractivity contribution in [2.24, 2.45) is 0 Å². The van der Waals surface area contributed by atoms with Gasteiger partial charge in [0.25, 0.3) is 0 Å². The second kappa shape index (κ2) is 20.5. The highest BCUT2D eigenvalue weighted by Crippen LogP contribution is 2.50. The summed E-state index contributed by atoms with van der Waals surface area (Å²) in [4.78, 5) is 19.3. The van der Waals surface area contributed by atoms with Crippen molar-refractivity contribution in [3.8, 4) is 23.0 Å². The van der Waals surface area contributed by atoms with E-state index >= 15 is 4.79 Å². The molecule has 0 spiro atoms. The third-order valence-electron chi connectivity index (χ3n) is 14.1. The summed E-state index contributed by atoms with van der Waals surface area (Å²) in [6.07, 6.45) is 0. The molecule has 0 saturated heterocycles. The summed E-state index contributed by atoms with van der Waals surface area (Å²) < 4.78 is 23.4. The van der Waals surface area contributed by atoms with E-state index in [-0.39, 0.29) is 17.6 Å². The van der Waals surface area contributed by atoms with E-state index in [0.717, 1.165) is 98.6 Å². The lowest BCUT2D eigenvalue weighted by Gasteiger charge is -2.30. The standard InChI is InChI=1S/C63H56N2O5S2/c1-37-33-49(59(61(39(37)3)64-51-29-27-43(67-5)35-53(51)69-7)57(55-25-15-31-71-55)47-23-13-19-41-17-9-11-21-45(41)47)63(66)50-34-38(2)40(4)62(65-52-30-28-44(68-6)36-54(52)70-8)60(50)58(56-26-16-32-72-56)48-24-14-20-42-18-10-12-22-46(42)48/h9-36,57-58,64-65H,1-8H3. The van der Waals surface area contributed by atoms with Gasteiger partial charge in [-0.1, -0.05) is 97.1 Å². The van der Waals surface area contributed by atoms with Crippen LogP contribution in [-0.4, -0.2) is 34.2 Å². The minimum absolute atomic E-state index is 0.0933. The fraction of sp³-hybridized carbons (Fsp3) is 0.159. The summed E-state index contributed by atoms with van der Waals surface area (Å²) in [7, 11) is 6.63. The van der Waals surface area contributed by atoms with Crippen LogP contribution in [0.2, 0.25) is 0 Å². The summed E-state index contributed by atoms with van der Waals surface area (Å²) in [6.45, 7) is 8.47. The molecule has 2 aromatic heterocycles. The van der Waals surface area contributed by atoms with Crippen molar-refractivity contribution in [1.29, 1.82) is 0 Å². The molecule has 0 radical (unpaired) electrons. The Balaban J connectivity index is 1.32. The first-order valence-corrected chi connectivity index (χ1v) is 25.7. The van der Waals surface area contributed by atoms with Gasteiger partial charge in [0.05, 0.1) is 39.8 Å². The molecule has 0 aliphatic carbocycles. The molecule has 0 fully saturated rings. The van der Waals surface area contributed by atoms with E-state index in [1.165, 1.54) is 0 Å². The van der Waals surface area contributed by atoms with Crippen molar-refractivity contribution in [2.75, 3.05) is 39.1 Å². The zero-order chi connectivity index (χ0) is 50.0. The summed E-state index contributed by atoms with van der Waals surface area (Å²) >= 11 is 3.38. The number of rotatable bonds is 16. The molecule has 7 nitrogen and oxygen atoms in total. The fourth-order valence-electron chi connectivity index (χ4n) is 10.2. The van der Waals surface area contributed by atoms with Gasteiger partial charge in [-0.3, -0.25) is 4.79 Å². The van der Waals surface area contributed by atoms with E-state index in [2.05, 4.69) is 170 Å². The van der Waals surface area contributed by atoms with Crippen molar-refractivity contribution < 1.29 is 23.7 Å². The van der Waals surface area contributed by atoms with Gasteiger partial charge >= 0.3 is 0 Å². The van der Waals surface area contributed by atoms with Gasteiger partial charge in [-0.25, -0.2) is 0 Å². The van der Waals surface area contributed by atoms with Gasteiger partial charge in [-0.2, -0.15) is 0 Å². The van der Waals surface area contributed by atoms with Crippen LogP contribution in [-0.2, 0) is 0 Å². The molecule has 10 rings (SSSR count). The van der Waals surface area contributed by atoms with E-state index < -0.39 is 0 Å². The first kappa shape index (κ1) is 47.8. The van der Waals surface area contributed by atoms with Crippen LogP contribution in [0.5, 0.6) is 23.0 Å². The van der Waals surface area contributed by atoms with Gasteiger partial charge in [0.1, 0.15) is 23.0 Å². The van der Waals surface area contributed by atoms with Crippen molar-refractivity contribution in [3.63, 3.8) is 0 Å². The highest BCUT2D eigenvalue weighted by molar-refractivity contribution is 7.10. The number of thiophene rings is 2. The minimum atomic E-state index is -0.372. The number of carbonyl (C=O) groups is 1. The predicted octanol–water partition coefficient (Wildman–Crippen LogP) is 16.5. The van der Waals surface area contributed by atoms with Crippen molar-refractivity contribution >= 4 is 72.8 Å². The third kappa shape index (κ3) is 8.84. The second-order valence-electron chi connectivity index (χ2n) is 18.1. The van der Waals surface area contributed by atoms with Gasteiger partial charge in [0.15, 0.2) is 5.78 Å². The van der Waals surface area contributed by atoms with Crippen molar-refractivity contribution in [3.05, 3.63) is 234 Å². The third-order valence-corrected chi connectivity index (χ3v) is 16.0. The van der Waals surface area contributed by atoms with E-state index in [1.54, 1.807) is 51.1 Å². The number of aryl methyl sites for hydroxylation is 2. The fourth-order valence-corrected chi connectivity index (χ4v) is 11.9. The van der Waals surface area contributed by atoms with E-state index in [1.807, 2.05) is 36.4 Å². The summed E-state index contributed by atoms with van der Waals surface area (Å²) in [5, 5.41) is 16.5. The van der Waals surface area contributed by atoms with Crippen LogP contribution in [0.15, 0.2) is 168 Å². The monoisotopic (exact) mass is 984 g/mol. The number of benzene rings is 8. The van der Waals surface area contributed by atoms with Crippen molar-refractivity contribution in [1.82, 2.24) is 0 Å². The SMILES string of the molecule is COc1ccc(Nc2c(C)c(C)cc(C(=O)c3cc(C)c(C)c(Nc4ccc(OC)cc4OC)c3C(c3cccs3)c3cccc4ccccc34)c2C(c2cccs2)c2cccc3ccccc23)c(OC)c1. The number of hydrogen-bond donors (Lipinski definition) is 2. The lowest BCUT2D eigenvalue weighted by Crippen LogP contribution is -2.19. The normalized spacial score (nSPS) is 12.1. The van der Waals surface area contributed by atoms with Gasteiger partial charge in [0.2, 0.25) is 0 Å². The number of fused-ring (bicyclic) bond motifs is 2. The Morgan fingerprint density at radius 1 is 0.458 bits per heavy atom. The van der Waals surface area contributed by atoms with Gasteiger partial charge in [-0.15, -0.1) is 22.7 Å². The maximum atomic E-state index is 17.0. The predicted molar refractivity (Wildman–Crippen MR) is 299 cm³/mol. The molecule has 2 atom stereocenters. The molecule has 0 aliphatic heterocycles. The summed E-state index contributed by atoms with van der Waals surface area (Å²) in [6, 6.07) is 54.4. The quantitative estimate of drug-likeness (QED) is 0.0934. The number of carbonyl (C=O) groups excluding carboxylic acids is 1. The average molecular weight is 985 g/mol. The number of ketones is 1. The maximum absolute atomic E-state index is 17.0. The molecule has 0 bridgehead atoms. The van der Waals surface area contributed by atoms with Crippen LogP contribution >= 0.6 is 22.7 Å². The highest BCUT2D eigenvalue weighted by atomic mass is 32.1. The number of nitrogens with one attached hydrogen (secondary N) is 2. The van der Waals surface area contributed by atoms with E-state index in [4.69, 9.17) is 18.9 Å². The van der Waals surface area contributed by atoms with Crippen LogP contribution in [0.4, 0.5) is 22.7 Å². The topological polar surface area (TPSA) is 78.1 Å². The minimum Gasteiger partial charge on any atom is -0.497 e. The lowest BCUT2D eigenvalue weighted by atomic mass is 9.76. The summed E-state index contributed by atoms with van der Waals surface area (Å²) in [5.41, 5.74) is 12.3. The zero-order valence-electron chi connectivity index (χ0n) is 41.7. The highest BCUT2D eigenvalue weighted by Gasteiger charge is 2.35. The molecule has 360 valence electrons. The molecular formula is C63H56N2O5S2. The molecule has 0 amide bonds. The number of anilines is 4. The largest absolute Gasteiger partial charge is 0.497 e. The maximum Gasteiger partial charge on any atom is 0.193 e. The van der Waals surface area contributed by atoms with Crippen LogP contribution in [0.25, 0.3) is 21.5 Å². The summed E-state index contributed by atoms with van der Waals surface area (Å²) in [5.74, 6) is 1.74. The first-order valence-electron chi connectivity index (χ1n) is 23.9. The molecular weight excluding hydrogens is 929 g/mol. The van der Waals surface area contributed by atoms with Gasteiger partial charge in [-0.05, 0) is 153 Å². The second-order valence-corrected chi connectivity index (χ2v) is 20.0. The van der Waals surface area contributed by atoms with Crippen molar-refractivity contribution in [2.45, 2.75) is 39.5 Å². The molecule has 72 heavy (non-hydrogen) atoms. The molecule has 8 aromatic carbocycles.